The molecule has 1 saturated heterocycles. The van der Waals surface area contributed by atoms with Crippen molar-refractivity contribution >= 4 is 17.5 Å². The SMILES string of the molecule is C=CCN1C(=O)[C@@H](Oc2ccccc2)[C@H]1c1ccc(Cl)cc1. The van der Waals surface area contributed by atoms with Gasteiger partial charge in [0.05, 0.1) is 0 Å². The second-order valence-corrected chi connectivity index (χ2v) is 5.56. The minimum atomic E-state index is -0.511. The number of β-lactam (4-membered cyclic amide) rings is 1. The van der Waals surface area contributed by atoms with Crippen LogP contribution in [0.15, 0.2) is 67.3 Å². The molecule has 3 rings (SSSR count). The molecule has 1 aliphatic heterocycles. The highest BCUT2D eigenvalue weighted by Crippen LogP contribution is 2.37. The predicted molar refractivity (Wildman–Crippen MR) is 87.0 cm³/mol. The van der Waals surface area contributed by atoms with Crippen molar-refractivity contribution in [3.05, 3.63) is 77.8 Å². The van der Waals surface area contributed by atoms with E-state index in [1.165, 1.54) is 0 Å². The van der Waals surface area contributed by atoms with Gasteiger partial charge in [-0.25, -0.2) is 0 Å². The third kappa shape index (κ3) is 2.72. The molecule has 0 aromatic heterocycles. The summed E-state index contributed by atoms with van der Waals surface area (Å²) >= 11 is 5.94. The summed E-state index contributed by atoms with van der Waals surface area (Å²) in [4.78, 5) is 14.1. The molecule has 2 atom stereocenters. The fourth-order valence-corrected chi connectivity index (χ4v) is 2.76. The summed E-state index contributed by atoms with van der Waals surface area (Å²) in [5.74, 6) is 0.668. The summed E-state index contributed by atoms with van der Waals surface area (Å²) in [5.41, 5.74) is 1.01. The van der Waals surface area contributed by atoms with Gasteiger partial charge >= 0.3 is 0 Å². The number of hydrogen-bond donors (Lipinski definition) is 0. The highest BCUT2D eigenvalue weighted by molar-refractivity contribution is 6.30. The van der Waals surface area contributed by atoms with E-state index in [1.807, 2.05) is 54.6 Å². The standard InChI is InChI=1S/C18H16ClNO2/c1-2-12-20-16(13-8-10-14(19)11-9-13)17(18(20)21)22-15-6-4-3-5-7-15/h2-11,16-17H,1,12H2/t16-,17+/m1/s1. The van der Waals surface area contributed by atoms with E-state index in [1.54, 1.807) is 11.0 Å². The lowest BCUT2D eigenvalue weighted by molar-refractivity contribution is -0.162. The molecule has 1 aliphatic rings. The summed E-state index contributed by atoms with van der Waals surface area (Å²) in [5, 5.41) is 0.671. The van der Waals surface area contributed by atoms with Crippen molar-refractivity contribution in [2.45, 2.75) is 12.1 Å². The van der Waals surface area contributed by atoms with Crippen molar-refractivity contribution in [2.24, 2.45) is 0 Å². The van der Waals surface area contributed by atoms with Crippen LogP contribution in [-0.2, 0) is 4.79 Å². The Labute approximate surface area is 134 Å². The Morgan fingerprint density at radius 2 is 1.82 bits per heavy atom. The average molecular weight is 314 g/mol. The number of benzene rings is 2. The van der Waals surface area contributed by atoms with Gasteiger partial charge in [-0.05, 0) is 29.8 Å². The molecule has 4 heteroatoms. The van der Waals surface area contributed by atoms with Crippen LogP contribution in [0.3, 0.4) is 0 Å². The Morgan fingerprint density at radius 1 is 1.14 bits per heavy atom. The second-order valence-electron chi connectivity index (χ2n) is 5.13. The molecule has 112 valence electrons. The molecule has 0 bridgehead atoms. The quantitative estimate of drug-likeness (QED) is 0.619. The molecule has 1 amide bonds. The number of para-hydroxylation sites is 1. The van der Waals surface area contributed by atoms with E-state index in [0.717, 1.165) is 5.56 Å². The summed E-state index contributed by atoms with van der Waals surface area (Å²) in [7, 11) is 0. The van der Waals surface area contributed by atoms with Gasteiger partial charge in [0.2, 0.25) is 6.10 Å². The molecule has 0 unspecified atom stereocenters. The fourth-order valence-electron chi connectivity index (χ4n) is 2.63. The minimum Gasteiger partial charge on any atom is -0.478 e. The van der Waals surface area contributed by atoms with E-state index in [9.17, 15) is 4.79 Å². The van der Waals surface area contributed by atoms with Crippen molar-refractivity contribution in [1.29, 1.82) is 0 Å². The molecule has 0 radical (unpaired) electrons. The number of carbonyl (C=O) groups is 1. The van der Waals surface area contributed by atoms with E-state index in [-0.39, 0.29) is 11.9 Å². The maximum Gasteiger partial charge on any atom is 0.267 e. The van der Waals surface area contributed by atoms with Crippen LogP contribution in [0.2, 0.25) is 5.02 Å². The highest BCUT2D eigenvalue weighted by Gasteiger charge is 2.49. The van der Waals surface area contributed by atoms with E-state index in [4.69, 9.17) is 16.3 Å². The first-order valence-electron chi connectivity index (χ1n) is 7.09. The Hall–Kier alpha value is -2.26. The minimum absolute atomic E-state index is 0.0243. The molecule has 1 heterocycles. The number of halogens is 1. The molecule has 0 aliphatic carbocycles. The lowest BCUT2D eigenvalue weighted by Crippen LogP contribution is -2.61. The van der Waals surface area contributed by atoms with Crippen LogP contribution in [0.25, 0.3) is 0 Å². The number of carbonyl (C=O) groups excluding carboxylic acids is 1. The number of rotatable bonds is 5. The summed E-state index contributed by atoms with van der Waals surface area (Å²) in [6.07, 6.45) is 1.21. The summed E-state index contributed by atoms with van der Waals surface area (Å²) in [6.45, 7) is 4.21. The lowest BCUT2D eigenvalue weighted by Gasteiger charge is -2.46. The topological polar surface area (TPSA) is 29.5 Å². The number of amides is 1. The Morgan fingerprint density at radius 3 is 2.45 bits per heavy atom. The first-order chi connectivity index (χ1) is 10.7. The number of ether oxygens (including phenoxy) is 1. The fraction of sp³-hybridized carbons (Fsp3) is 0.167. The highest BCUT2D eigenvalue weighted by atomic mass is 35.5. The molecule has 2 aromatic rings. The molecule has 1 fully saturated rings. The lowest BCUT2D eigenvalue weighted by atomic mass is 9.90. The Kier molecular flexibility index (Phi) is 4.16. The van der Waals surface area contributed by atoms with Crippen molar-refractivity contribution in [3.8, 4) is 5.75 Å². The first kappa shape index (κ1) is 14.7. The number of likely N-dealkylation sites (tertiary alicyclic amines) is 1. The maximum atomic E-state index is 12.3. The van der Waals surface area contributed by atoms with Crippen molar-refractivity contribution in [3.63, 3.8) is 0 Å². The predicted octanol–water partition coefficient (Wildman–Crippen LogP) is 3.86. The zero-order valence-corrected chi connectivity index (χ0v) is 12.7. The van der Waals surface area contributed by atoms with Crippen molar-refractivity contribution < 1.29 is 9.53 Å². The van der Waals surface area contributed by atoms with Crippen LogP contribution in [-0.4, -0.2) is 23.5 Å². The van der Waals surface area contributed by atoms with Gasteiger partial charge in [0.25, 0.3) is 5.91 Å². The smallest absolute Gasteiger partial charge is 0.267 e. The third-order valence-electron chi connectivity index (χ3n) is 3.69. The van der Waals surface area contributed by atoms with Crippen molar-refractivity contribution in [1.82, 2.24) is 4.90 Å². The van der Waals surface area contributed by atoms with E-state index < -0.39 is 6.10 Å². The Balaban J connectivity index is 1.85. The van der Waals surface area contributed by atoms with Crippen LogP contribution in [0, 0.1) is 0 Å². The van der Waals surface area contributed by atoms with E-state index in [2.05, 4.69) is 6.58 Å². The molecule has 3 nitrogen and oxygen atoms in total. The van der Waals surface area contributed by atoms with E-state index >= 15 is 0 Å². The van der Waals surface area contributed by atoms with Gasteiger partial charge in [0, 0.05) is 11.6 Å². The molecule has 0 N–H and O–H groups in total. The number of nitrogens with zero attached hydrogens (tertiary/aromatic N) is 1. The monoisotopic (exact) mass is 313 g/mol. The summed E-state index contributed by atoms with van der Waals surface area (Å²) < 4.78 is 5.88. The molecule has 2 aromatic carbocycles. The molecular formula is C18H16ClNO2. The number of hydrogen-bond acceptors (Lipinski definition) is 2. The molecule has 0 saturated carbocycles. The van der Waals surface area contributed by atoms with Crippen molar-refractivity contribution in [2.75, 3.05) is 6.54 Å². The maximum absolute atomic E-state index is 12.3. The largest absolute Gasteiger partial charge is 0.478 e. The van der Waals surface area contributed by atoms with Gasteiger partial charge in [-0.15, -0.1) is 6.58 Å². The van der Waals surface area contributed by atoms with Crippen LogP contribution in [0.1, 0.15) is 11.6 Å². The zero-order chi connectivity index (χ0) is 15.5. The summed E-state index contributed by atoms with van der Waals surface area (Å²) in [6, 6.07) is 16.8. The molecule has 0 spiro atoms. The zero-order valence-electron chi connectivity index (χ0n) is 12.0. The first-order valence-corrected chi connectivity index (χ1v) is 7.47. The average Bonchev–Trinajstić information content (AvgIpc) is 2.55. The third-order valence-corrected chi connectivity index (χ3v) is 3.94. The second kappa shape index (κ2) is 6.24. The van der Waals surface area contributed by atoms with Crippen LogP contribution in [0.5, 0.6) is 5.75 Å². The molecule has 22 heavy (non-hydrogen) atoms. The molecular weight excluding hydrogens is 298 g/mol. The normalized spacial score (nSPS) is 20.4. The Bertz CT molecular complexity index is 669. The van der Waals surface area contributed by atoms with Crippen LogP contribution < -0.4 is 4.74 Å². The van der Waals surface area contributed by atoms with E-state index in [0.29, 0.717) is 17.3 Å². The van der Waals surface area contributed by atoms with Gasteiger partial charge < -0.3 is 9.64 Å². The van der Waals surface area contributed by atoms with Gasteiger partial charge in [-0.3, -0.25) is 4.79 Å². The van der Waals surface area contributed by atoms with Gasteiger partial charge in [-0.1, -0.05) is 48.0 Å². The van der Waals surface area contributed by atoms with Gasteiger partial charge in [0.1, 0.15) is 11.8 Å². The van der Waals surface area contributed by atoms with Crippen LogP contribution >= 0.6 is 11.6 Å². The van der Waals surface area contributed by atoms with Gasteiger partial charge in [0.15, 0.2) is 0 Å². The van der Waals surface area contributed by atoms with Gasteiger partial charge in [-0.2, -0.15) is 0 Å². The van der Waals surface area contributed by atoms with Crippen LogP contribution in [0.4, 0.5) is 0 Å².